The molecule has 0 aliphatic heterocycles. The fourth-order valence-electron chi connectivity index (χ4n) is 1.78. The first kappa shape index (κ1) is 15.9. The van der Waals surface area contributed by atoms with Crippen molar-refractivity contribution >= 4 is 21.4 Å². The molecule has 2 rings (SSSR count). The molecule has 1 aromatic heterocycles. The van der Waals surface area contributed by atoms with Crippen LogP contribution in [-0.4, -0.2) is 20.5 Å². The Labute approximate surface area is 126 Å². The van der Waals surface area contributed by atoms with Gasteiger partial charge in [-0.1, -0.05) is 6.92 Å². The van der Waals surface area contributed by atoms with Crippen LogP contribution in [0, 0.1) is 5.82 Å². The number of hydrogen-bond acceptors (Lipinski definition) is 5. The summed E-state index contributed by atoms with van der Waals surface area (Å²) in [7, 11) is -2.49. The topological polar surface area (TPSA) is 68.3 Å². The molecule has 1 N–H and O–H groups in total. The first-order chi connectivity index (χ1) is 9.97. The van der Waals surface area contributed by atoms with Crippen LogP contribution >= 0.6 is 11.3 Å². The van der Waals surface area contributed by atoms with Crippen LogP contribution in [0.1, 0.15) is 24.4 Å². The Bertz CT molecular complexity index is 702. The minimum absolute atomic E-state index is 0.0456. The first-order valence-corrected chi connectivity index (χ1v) is 8.59. The maximum Gasteiger partial charge on any atom is 0.241 e. The number of halogens is 1. The molecule has 1 atom stereocenters. The number of aromatic nitrogens is 1. The Kier molecular flexibility index (Phi) is 4.92. The van der Waals surface area contributed by atoms with Crippen molar-refractivity contribution in [3.8, 4) is 5.75 Å². The van der Waals surface area contributed by atoms with Gasteiger partial charge in [-0.25, -0.2) is 22.5 Å². The third kappa shape index (κ3) is 3.58. The molecule has 0 spiro atoms. The summed E-state index contributed by atoms with van der Waals surface area (Å²) >= 11 is 1.38. The molecule has 0 unspecified atom stereocenters. The third-order valence-corrected chi connectivity index (χ3v) is 5.25. The van der Waals surface area contributed by atoms with Gasteiger partial charge in [0.25, 0.3) is 0 Å². The molecule has 114 valence electrons. The summed E-state index contributed by atoms with van der Waals surface area (Å²) in [6.45, 7) is 1.86. The van der Waals surface area contributed by atoms with Crippen LogP contribution in [0.2, 0.25) is 0 Å². The molecule has 0 radical (unpaired) electrons. The zero-order chi connectivity index (χ0) is 15.5. The summed E-state index contributed by atoms with van der Waals surface area (Å²) in [5, 5.41) is 2.47. The molecule has 0 bridgehead atoms. The zero-order valence-corrected chi connectivity index (χ0v) is 13.2. The second kappa shape index (κ2) is 6.50. The maximum atomic E-state index is 13.4. The monoisotopic (exact) mass is 330 g/mol. The zero-order valence-electron chi connectivity index (χ0n) is 11.5. The normalized spacial score (nSPS) is 13.1. The van der Waals surface area contributed by atoms with E-state index in [1.54, 1.807) is 11.6 Å². The second-order valence-electron chi connectivity index (χ2n) is 4.25. The number of benzene rings is 1. The smallest absolute Gasteiger partial charge is 0.241 e. The summed E-state index contributed by atoms with van der Waals surface area (Å²) < 4.78 is 45.5. The van der Waals surface area contributed by atoms with Crippen LogP contribution in [0.5, 0.6) is 5.75 Å². The van der Waals surface area contributed by atoms with E-state index in [0.29, 0.717) is 11.4 Å². The van der Waals surface area contributed by atoms with E-state index in [1.807, 2.05) is 6.92 Å². The van der Waals surface area contributed by atoms with Gasteiger partial charge in [0, 0.05) is 17.6 Å². The summed E-state index contributed by atoms with van der Waals surface area (Å²) in [6, 6.07) is 3.02. The minimum atomic E-state index is -3.78. The number of nitrogens with one attached hydrogen (secondary N) is 1. The Balaban J connectivity index is 2.29. The fourth-order valence-corrected chi connectivity index (χ4v) is 3.92. The molecular formula is C13H15FN2O3S2. The van der Waals surface area contributed by atoms with Crippen molar-refractivity contribution in [3.05, 3.63) is 40.6 Å². The van der Waals surface area contributed by atoms with Crippen LogP contribution in [-0.2, 0) is 10.0 Å². The Morgan fingerprint density at radius 3 is 2.81 bits per heavy atom. The van der Waals surface area contributed by atoms with Gasteiger partial charge in [-0.15, -0.1) is 11.3 Å². The predicted molar refractivity (Wildman–Crippen MR) is 78.4 cm³/mol. The van der Waals surface area contributed by atoms with Gasteiger partial charge in [-0.3, -0.25) is 0 Å². The largest absolute Gasteiger partial charge is 0.494 e. The highest BCUT2D eigenvalue weighted by Crippen LogP contribution is 2.25. The van der Waals surface area contributed by atoms with E-state index < -0.39 is 21.9 Å². The molecule has 2 aromatic rings. The minimum Gasteiger partial charge on any atom is -0.494 e. The van der Waals surface area contributed by atoms with Gasteiger partial charge < -0.3 is 4.74 Å². The van der Waals surface area contributed by atoms with Crippen molar-refractivity contribution in [1.29, 1.82) is 0 Å². The van der Waals surface area contributed by atoms with Crippen molar-refractivity contribution in [2.45, 2.75) is 24.3 Å². The number of methoxy groups -OCH3 is 1. The van der Waals surface area contributed by atoms with Gasteiger partial charge in [0.1, 0.15) is 5.01 Å². The van der Waals surface area contributed by atoms with E-state index in [4.69, 9.17) is 4.74 Å². The molecule has 0 aliphatic carbocycles. The molecule has 0 aliphatic rings. The fraction of sp³-hybridized carbons (Fsp3) is 0.308. The Morgan fingerprint density at radius 2 is 2.24 bits per heavy atom. The van der Waals surface area contributed by atoms with Gasteiger partial charge in [-0.2, -0.15) is 0 Å². The highest BCUT2D eigenvalue weighted by molar-refractivity contribution is 7.89. The standard InChI is InChI=1S/C13H15FN2O3S2/c1-3-11(13-15-6-7-20-13)16-21(17,18)9-4-5-10(14)12(8-9)19-2/h4-8,11,16H,3H2,1-2H3/t11-/m0/s1. The van der Waals surface area contributed by atoms with Crippen LogP contribution in [0.3, 0.4) is 0 Å². The van der Waals surface area contributed by atoms with Crippen molar-refractivity contribution < 1.29 is 17.5 Å². The van der Waals surface area contributed by atoms with Crippen LogP contribution in [0.25, 0.3) is 0 Å². The van der Waals surface area contributed by atoms with Crippen LogP contribution < -0.4 is 9.46 Å². The third-order valence-electron chi connectivity index (χ3n) is 2.89. The summed E-state index contributed by atoms with van der Waals surface area (Å²) in [5.74, 6) is -0.719. The molecule has 5 nitrogen and oxygen atoms in total. The van der Waals surface area contributed by atoms with Crippen molar-refractivity contribution in [2.75, 3.05) is 7.11 Å². The summed E-state index contributed by atoms with van der Waals surface area (Å²) in [6.07, 6.45) is 2.18. The summed E-state index contributed by atoms with van der Waals surface area (Å²) in [5.41, 5.74) is 0. The molecule has 1 aromatic carbocycles. The quantitative estimate of drug-likeness (QED) is 0.884. The molecule has 0 saturated heterocycles. The lowest BCUT2D eigenvalue weighted by Gasteiger charge is -2.15. The lowest BCUT2D eigenvalue weighted by atomic mass is 10.3. The second-order valence-corrected chi connectivity index (χ2v) is 6.89. The maximum absolute atomic E-state index is 13.4. The molecule has 0 fully saturated rings. The average molecular weight is 330 g/mol. The van der Waals surface area contributed by atoms with E-state index in [-0.39, 0.29) is 10.6 Å². The van der Waals surface area contributed by atoms with Gasteiger partial charge in [-0.05, 0) is 18.6 Å². The highest BCUT2D eigenvalue weighted by atomic mass is 32.2. The number of thiazole rings is 1. The van der Waals surface area contributed by atoms with Crippen LogP contribution in [0.15, 0.2) is 34.7 Å². The van der Waals surface area contributed by atoms with Crippen molar-refractivity contribution in [1.82, 2.24) is 9.71 Å². The number of nitrogens with zero attached hydrogens (tertiary/aromatic N) is 1. The Hall–Kier alpha value is -1.51. The number of hydrogen-bond donors (Lipinski definition) is 1. The van der Waals surface area contributed by atoms with Gasteiger partial charge in [0.2, 0.25) is 10.0 Å². The van der Waals surface area contributed by atoms with E-state index in [1.165, 1.54) is 24.5 Å². The molecule has 0 amide bonds. The highest BCUT2D eigenvalue weighted by Gasteiger charge is 2.23. The lowest BCUT2D eigenvalue weighted by Crippen LogP contribution is -2.28. The number of sulfonamides is 1. The molecule has 8 heteroatoms. The molecule has 21 heavy (non-hydrogen) atoms. The van der Waals surface area contributed by atoms with Crippen LogP contribution in [0.4, 0.5) is 4.39 Å². The van der Waals surface area contributed by atoms with E-state index >= 15 is 0 Å². The summed E-state index contributed by atoms with van der Waals surface area (Å²) in [4.78, 5) is 4.07. The van der Waals surface area contributed by atoms with Gasteiger partial charge in [0.05, 0.1) is 18.0 Å². The van der Waals surface area contributed by atoms with E-state index in [0.717, 1.165) is 12.1 Å². The Morgan fingerprint density at radius 1 is 1.48 bits per heavy atom. The van der Waals surface area contributed by atoms with Gasteiger partial charge >= 0.3 is 0 Å². The lowest BCUT2D eigenvalue weighted by molar-refractivity contribution is 0.385. The van der Waals surface area contributed by atoms with E-state index in [2.05, 4.69) is 9.71 Å². The molecule has 1 heterocycles. The molecule has 0 saturated carbocycles. The average Bonchev–Trinajstić information content (AvgIpc) is 2.99. The van der Waals surface area contributed by atoms with Crippen molar-refractivity contribution in [2.24, 2.45) is 0 Å². The SMILES string of the molecule is CC[C@H](NS(=O)(=O)c1ccc(F)c(OC)c1)c1nccs1. The number of ether oxygens (including phenoxy) is 1. The first-order valence-electron chi connectivity index (χ1n) is 6.23. The predicted octanol–water partition coefficient (Wildman–Crippen LogP) is 2.72. The number of rotatable bonds is 6. The van der Waals surface area contributed by atoms with E-state index in [9.17, 15) is 12.8 Å². The van der Waals surface area contributed by atoms with Crippen molar-refractivity contribution in [3.63, 3.8) is 0 Å². The molecular weight excluding hydrogens is 315 g/mol. The van der Waals surface area contributed by atoms with Gasteiger partial charge in [0.15, 0.2) is 11.6 Å².